The highest BCUT2D eigenvalue weighted by Gasteiger charge is 2.09. The first-order valence-electron chi connectivity index (χ1n) is 7.11. The van der Waals surface area contributed by atoms with Crippen molar-refractivity contribution in [1.29, 1.82) is 0 Å². The Morgan fingerprint density at radius 1 is 0.857 bits per heavy atom. The van der Waals surface area contributed by atoms with Gasteiger partial charge in [-0.3, -0.25) is 0 Å². The van der Waals surface area contributed by atoms with E-state index in [1.807, 2.05) is 25.1 Å². The summed E-state index contributed by atoms with van der Waals surface area (Å²) in [6.07, 6.45) is 0. The number of aromatic nitrogens is 1. The third kappa shape index (κ3) is 2.42. The zero-order chi connectivity index (χ0) is 15.1. The largest absolute Gasteiger partial charge is 0.248 e. The normalized spacial score (nSPS) is 11.1. The van der Waals surface area contributed by atoms with Gasteiger partial charge < -0.3 is 0 Å². The molecule has 3 rings (SSSR count). The Hall–Kier alpha value is -2.22. The lowest BCUT2D eigenvalue weighted by Gasteiger charge is -2.09. The fourth-order valence-corrected chi connectivity index (χ4v) is 2.87. The Kier molecular flexibility index (Phi) is 3.25. The number of aryl methyl sites for hydroxylation is 4. The van der Waals surface area contributed by atoms with Gasteiger partial charge in [-0.1, -0.05) is 23.3 Å². The predicted molar refractivity (Wildman–Crippen MR) is 86.1 cm³/mol. The molecule has 0 atom stereocenters. The molecule has 0 aliphatic carbocycles. The third-order valence-electron chi connectivity index (χ3n) is 3.87. The van der Waals surface area contributed by atoms with Crippen LogP contribution in [0, 0.1) is 33.5 Å². The molecule has 0 saturated carbocycles. The summed E-state index contributed by atoms with van der Waals surface area (Å²) in [5.74, 6) is -0.136. The van der Waals surface area contributed by atoms with Gasteiger partial charge in [0.05, 0.1) is 11.2 Å². The molecular formula is C19H18FN. The molecule has 3 aromatic rings. The lowest BCUT2D eigenvalue weighted by molar-refractivity contribution is 0.611. The molecule has 106 valence electrons. The van der Waals surface area contributed by atoms with Gasteiger partial charge in [-0.25, -0.2) is 9.37 Å². The maximum absolute atomic E-state index is 14.0. The number of hydrogen-bond acceptors (Lipinski definition) is 1. The van der Waals surface area contributed by atoms with Crippen molar-refractivity contribution in [2.24, 2.45) is 0 Å². The van der Waals surface area contributed by atoms with Crippen LogP contribution in [0.4, 0.5) is 4.39 Å². The van der Waals surface area contributed by atoms with E-state index in [1.165, 1.54) is 11.1 Å². The van der Waals surface area contributed by atoms with Gasteiger partial charge >= 0.3 is 0 Å². The molecule has 21 heavy (non-hydrogen) atoms. The highest BCUT2D eigenvalue weighted by molar-refractivity contribution is 5.85. The summed E-state index contributed by atoms with van der Waals surface area (Å²) in [6, 6.07) is 12.2. The minimum atomic E-state index is -0.136. The molecule has 1 heterocycles. The molecule has 1 nitrogen and oxygen atoms in total. The molecule has 2 heteroatoms. The van der Waals surface area contributed by atoms with Crippen molar-refractivity contribution < 1.29 is 4.39 Å². The molecule has 0 radical (unpaired) electrons. The monoisotopic (exact) mass is 279 g/mol. The zero-order valence-corrected chi connectivity index (χ0v) is 12.8. The summed E-state index contributed by atoms with van der Waals surface area (Å²) >= 11 is 0. The van der Waals surface area contributed by atoms with Crippen LogP contribution in [0.25, 0.3) is 22.2 Å². The van der Waals surface area contributed by atoms with Crippen molar-refractivity contribution in [3.8, 4) is 11.3 Å². The van der Waals surface area contributed by atoms with Gasteiger partial charge in [0.1, 0.15) is 5.82 Å². The number of halogens is 1. The van der Waals surface area contributed by atoms with Crippen LogP contribution < -0.4 is 0 Å². The standard InChI is InChI=1S/C19H18FN/c1-11-7-12(2)9-15(8-11)17-6-5-16-14(4)19(20)13(3)10-18(16)21-17/h5-10H,1-4H3. The van der Waals surface area contributed by atoms with E-state index in [0.29, 0.717) is 11.1 Å². The number of nitrogens with zero attached hydrogens (tertiary/aromatic N) is 1. The van der Waals surface area contributed by atoms with Crippen LogP contribution >= 0.6 is 0 Å². The van der Waals surface area contributed by atoms with Crippen LogP contribution in [0.15, 0.2) is 36.4 Å². The van der Waals surface area contributed by atoms with Crippen molar-refractivity contribution in [2.75, 3.05) is 0 Å². The number of benzene rings is 2. The maximum Gasteiger partial charge on any atom is 0.129 e. The number of pyridine rings is 1. The molecule has 0 aliphatic heterocycles. The topological polar surface area (TPSA) is 12.9 Å². The first-order valence-corrected chi connectivity index (χ1v) is 7.11. The summed E-state index contributed by atoms with van der Waals surface area (Å²) in [7, 11) is 0. The second kappa shape index (κ2) is 4.96. The molecule has 0 aliphatic rings. The van der Waals surface area contributed by atoms with Gasteiger partial charge in [0.15, 0.2) is 0 Å². The Morgan fingerprint density at radius 2 is 1.52 bits per heavy atom. The molecule has 0 fully saturated rings. The molecule has 0 bridgehead atoms. The van der Waals surface area contributed by atoms with Crippen LogP contribution in [0.1, 0.15) is 22.3 Å². The van der Waals surface area contributed by atoms with E-state index >= 15 is 0 Å². The maximum atomic E-state index is 14.0. The average Bonchev–Trinajstić information content (AvgIpc) is 2.43. The SMILES string of the molecule is Cc1cc(C)cc(-c2ccc3c(C)c(F)c(C)cc3n2)c1. The second-order valence-electron chi connectivity index (χ2n) is 5.77. The van der Waals surface area contributed by atoms with Crippen LogP contribution in [0.2, 0.25) is 0 Å². The molecule has 0 unspecified atom stereocenters. The van der Waals surface area contributed by atoms with E-state index in [0.717, 1.165) is 22.2 Å². The number of rotatable bonds is 1. The lowest BCUT2D eigenvalue weighted by Crippen LogP contribution is -1.93. The van der Waals surface area contributed by atoms with Crippen LogP contribution in [0.3, 0.4) is 0 Å². The Balaban J connectivity index is 2.24. The van der Waals surface area contributed by atoms with E-state index < -0.39 is 0 Å². The highest BCUT2D eigenvalue weighted by Crippen LogP contribution is 2.27. The summed E-state index contributed by atoms with van der Waals surface area (Å²) in [6.45, 7) is 7.76. The van der Waals surface area contributed by atoms with Gasteiger partial charge in [-0.2, -0.15) is 0 Å². The summed E-state index contributed by atoms with van der Waals surface area (Å²) < 4.78 is 14.0. The molecule has 2 aromatic carbocycles. The van der Waals surface area contributed by atoms with Crippen LogP contribution in [0.5, 0.6) is 0 Å². The van der Waals surface area contributed by atoms with Gasteiger partial charge in [0, 0.05) is 10.9 Å². The van der Waals surface area contributed by atoms with E-state index in [-0.39, 0.29) is 5.82 Å². The number of hydrogen-bond donors (Lipinski definition) is 0. The van der Waals surface area contributed by atoms with Crippen molar-refractivity contribution in [2.45, 2.75) is 27.7 Å². The average molecular weight is 279 g/mol. The van der Waals surface area contributed by atoms with Crippen LogP contribution in [-0.2, 0) is 0 Å². The third-order valence-corrected chi connectivity index (χ3v) is 3.87. The Labute approximate surface area is 124 Å². The molecule has 0 spiro atoms. The van der Waals surface area contributed by atoms with Crippen molar-refractivity contribution in [1.82, 2.24) is 4.98 Å². The summed E-state index contributed by atoms with van der Waals surface area (Å²) in [4.78, 5) is 4.72. The van der Waals surface area contributed by atoms with Crippen molar-refractivity contribution >= 4 is 10.9 Å². The molecule has 1 aromatic heterocycles. The smallest absolute Gasteiger partial charge is 0.129 e. The minimum absolute atomic E-state index is 0.136. The van der Waals surface area contributed by atoms with E-state index in [4.69, 9.17) is 4.98 Å². The number of fused-ring (bicyclic) bond motifs is 1. The van der Waals surface area contributed by atoms with E-state index in [1.54, 1.807) is 6.92 Å². The summed E-state index contributed by atoms with van der Waals surface area (Å²) in [5.41, 5.74) is 6.64. The van der Waals surface area contributed by atoms with Gasteiger partial charge in [-0.05, 0) is 63.1 Å². The molecular weight excluding hydrogens is 261 g/mol. The Morgan fingerprint density at radius 3 is 2.19 bits per heavy atom. The molecule has 0 amide bonds. The van der Waals surface area contributed by atoms with Gasteiger partial charge in [0.2, 0.25) is 0 Å². The fraction of sp³-hybridized carbons (Fsp3) is 0.211. The first kappa shape index (κ1) is 13.7. The van der Waals surface area contributed by atoms with Crippen LogP contribution in [-0.4, -0.2) is 4.98 Å². The summed E-state index contributed by atoms with van der Waals surface area (Å²) in [5, 5.41) is 0.881. The fourth-order valence-electron chi connectivity index (χ4n) is 2.87. The lowest BCUT2D eigenvalue weighted by atomic mass is 10.0. The van der Waals surface area contributed by atoms with Crippen molar-refractivity contribution in [3.63, 3.8) is 0 Å². The van der Waals surface area contributed by atoms with Gasteiger partial charge in [0.25, 0.3) is 0 Å². The van der Waals surface area contributed by atoms with Gasteiger partial charge in [-0.15, -0.1) is 0 Å². The predicted octanol–water partition coefficient (Wildman–Crippen LogP) is 5.27. The first-order chi connectivity index (χ1) is 9.95. The van der Waals surface area contributed by atoms with Crippen molar-refractivity contribution in [3.05, 3.63) is 64.5 Å². The highest BCUT2D eigenvalue weighted by atomic mass is 19.1. The van der Waals surface area contributed by atoms with E-state index in [9.17, 15) is 4.39 Å². The quantitative estimate of drug-likeness (QED) is 0.591. The molecule has 0 saturated heterocycles. The zero-order valence-electron chi connectivity index (χ0n) is 12.8. The second-order valence-corrected chi connectivity index (χ2v) is 5.77. The Bertz CT molecular complexity index is 830. The molecule has 0 N–H and O–H groups in total. The van der Waals surface area contributed by atoms with E-state index in [2.05, 4.69) is 32.0 Å². The minimum Gasteiger partial charge on any atom is -0.248 e.